The summed E-state index contributed by atoms with van der Waals surface area (Å²) in [5.41, 5.74) is 6.98. The average molecular weight is 415 g/mol. The molecule has 4 aromatic carbocycles. The van der Waals surface area contributed by atoms with Crippen molar-refractivity contribution in [3.8, 4) is 32.8 Å². The summed E-state index contributed by atoms with van der Waals surface area (Å²) in [6.45, 7) is 0. The van der Waals surface area contributed by atoms with Crippen LogP contribution in [0.2, 0.25) is 0 Å². The van der Waals surface area contributed by atoms with Gasteiger partial charge in [-0.05, 0) is 63.4 Å². The summed E-state index contributed by atoms with van der Waals surface area (Å²) in [5, 5.41) is 3.53. The third kappa shape index (κ3) is 3.39. The van der Waals surface area contributed by atoms with E-state index in [-0.39, 0.29) is 0 Å². The van der Waals surface area contributed by atoms with E-state index in [4.69, 9.17) is 4.98 Å². The van der Waals surface area contributed by atoms with E-state index in [1.54, 1.807) is 17.5 Å². The molecule has 3 heteroatoms. The highest BCUT2D eigenvalue weighted by Gasteiger charge is 2.08. The Morgan fingerprint density at radius 2 is 1.23 bits per heavy atom. The second kappa shape index (κ2) is 7.46. The molecule has 31 heavy (non-hydrogen) atoms. The van der Waals surface area contributed by atoms with Gasteiger partial charge in [0.1, 0.15) is 5.01 Å². The lowest BCUT2D eigenvalue weighted by atomic mass is 9.98. The van der Waals surface area contributed by atoms with Crippen molar-refractivity contribution in [2.75, 3.05) is 0 Å². The molecule has 0 unspecified atom stereocenters. The summed E-state index contributed by atoms with van der Waals surface area (Å²) in [6.07, 6.45) is 3.70. The molecule has 0 aliphatic heterocycles. The van der Waals surface area contributed by atoms with Crippen LogP contribution in [0.15, 0.2) is 109 Å². The summed E-state index contributed by atoms with van der Waals surface area (Å²) >= 11 is 1.74. The minimum Gasteiger partial charge on any atom is -0.264 e. The number of hydrogen-bond acceptors (Lipinski definition) is 3. The summed E-state index contributed by atoms with van der Waals surface area (Å²) < 4.78 is 1.22. The molecular formula is C28H18N2S. The molecule has 6 rings (SSSR count). The number of benzene rings is 4. The smallest absolute Gasteiger partial charge is 0.124 e. The van der Waals surface area contributed by atoms with Gasteiger partial charge in [0.25, 0.3) is 0 Å². The first-order chi connectivity index (χ1) is 15.3. The molecule has 0 atom stereocenters. The van der Waals surface area contributed by atoms with Crippen molar-refractivity contribution >= 4 is 32.3 Å². The SMILES string of the molecule is c1cncc(-c2ccc(-c3ccc4cc(-c5nc6ccccc6s5)ccc4c3)cc2)c1. The standard InChI is InChI=1S/C28H18N2S/c1-2-6-27-26(5-1)30-28(31-27)24-14-13-22-16-21(11-12-23(22)17-24)19-7-9-20(10-8-19)25-4-3-15-29-18-25/h1-18H. The average Bonchev–Trinajstić information content (AvgIpc) is 3.28. The van der Waals surface area contributed by atoms with E-state index >= 15 is 0 Å². The van der Waals surface area contributed by atoms with Gasteiger partial charge in [0.15, 0.2) is 0 Å². The fourth-order valence-corrected chi connectivity index (χ4v) is 4.90. The van der Waals surface area contributed by atoms with Crippen LogP contribution in [0.3, 0.4) is 0 Å². The van der Waals surface area contributed by atoms with Crippen LogP contribution in [0.5, 0.6) is 0 Å². The molecule has 0 spiro atoms. The number of nitrogens with zero attached hydrogens (tertiary/aromatic N) is 2. The Bertz CT molecular complexity index is 1480. The van der Waals surface area contributed by atoms with E-state index in [9.17, 15) is 0 Å². The van der Waals surface area contributed by atoms with Gasteiger partial charge in [-0.15, -0.1) is 11.3 Å². The molecule has 6 aromatic rings. The molecule has 0 bridgehead atoms. The number of para-hydroxylation sites is 1. The maximum Gasteiger partial charge on any atom is 0.124 e. The zero-order valence-electron chi connectivity index (χ0n) is 16.7. The zero-order valence-corrected chi connectivity index (χ0v) is 17.5. The van der Waals surface area contributed by atoms with Crippen LogP contribution < -0.4 is 0 Å². The van der Waals surface area contributed by atoms with Crippen LogP contribution >= 0.6 is 11.3 Å². The quantitative estimate of drug-likeness (QED) is 0.295. The van der Waals surface area contributed by atoms with Crippen molar-refractivity contribution in [2.24, 2.45) is 0 Å². The molecular weight excluding hydrogens is 396 g/mol. The third-order valence-electron chi connectivity index (χ3n) is 5.59. The third-order valence-corrected chi connectivity index (χ3v) is 6.68. The second-order valence-corrected chi connectivity index (χ2v) is 8.61. The topological polar surface area (TPSA) is 25.8 Å². The number of pyridine rings is 1. The minimum absolute atomic E-state index is 1.06. The maximum absolute atomic E-state index is 4.80. The van der Waals surface area contributed by atoms with Crippen molar-refractivity contribution in [3.05, 3.63) is 109 Å². The molecule has 146 valence electrons. The van der Waals surface area contributed by atoms with Crippen LogP contribution in [-0.2, 0) is 0 Å². The Hall–Kier alpha value is -3.82. The summed E-state index contributed by atoms with van der Waals surface area (Å²) in [4.78, 5) is 9.02. The van der Waals surface area contributed by atoms with Crippen LogP contribution in [-0.4, -0.2) is 9.97 Å². The van der Waals surface area contributed by atoms with Gasteiger partial charge in [0.2, 0.25) is 0 Å². The molecule has 0 saturated heterocycles. The van der Waals surface area contributed by atoms with Gasteiger partial charge in [-0.3, -0.25) is 4.98 Å². The molecule has 0 N–H and O–H groups in total. The Labute approximate surface area is 184 Å². The highest BCUT2D eigenvalue weighted by atomic mass is 32.1. The molecule has 2 aromatic heterocycles. The minimum atomic E-state index is 1.06. The second-order valence-electron chi connectivity index (χ2n) is 7.58. The van der Waals surface area contributed by atoms with E-state index in [2.05, 4.69) is 89.9 Å². The van der Waals surface area contributed by atoms with Gasteiger partial charge in [0, 0.05) is 18.0 Å². The summed E-state index contributed by atoms with van der Waals surface area (Å²) in [5.74, 6) is 0. The van der Waals surface area contributed by atoms with Crippen LogP contribution in [0, 0.1) is 0 Å². The fourth-order valence-electron chi connectivity index (χ4n) is 3.94. The number of rotatable bonds is 3. The maximum atomic E-state index is 4.80. The molecule has 0 radical (unpaired) electrons. The van der Waals surface area contributed by atoms with Crippen molar-refractivity contribution < 1.29 is 0 Å². The van der Waals surface area contributed by atoms with Crippen LogP contribution in [0.4, 0.5) is 0 Å². The van der Waals surface area contributed by atoms with Crippen LogP contribution in [0.1, 0.15) is 0 Å². The lowest BCUT2D eigenvalue weighted by Gasteiger charge is -2.07. The van der Waals surface area contributed by atoms with Gasteiger partial charge >= 0.3 is 0 Å². The Morgan fingerprint density at radius 1 is 0.548 bits per heavy atom. The first-order valence-corrected chi connectivity index (χ1v) is 11.1. The van der Waals surface area contributed by atoms with Crippen molar-refractivity contribution in [1.29, 1.82) is 0 Å². The van der Waals surface area contributed by atoms with E-state index in [1.165, 1.54) is 37.7 Å². The molecule has 0 aliphatic carbocycles. The fraction of sp³-hybridized carbons (Fsp3) is 0. The van der Waals surface area contributed by atoms with Crippen molar-refractivity contribution in [1.82, 2.24) is 9.97 Å². The predicted octanol–water partition coefficient (Wildman–Crippen LogP) is 7.85. The number of fused-ring (bicyclic) bond motifs is 2. The van der Waals surface area contributed by atoms with Gasteiger partial charge in [0.05, 0.1) is 10.2 Å². The summed E-state index contributed by atoms with van der Waals surface area (Å²) in [7, 11) is 0. The predicted molar refractivity (Wildman–Crippen MR) is 131 cm³/mol. The first-order valence-electron chi connectivity index (χ1n) is 10.2. The van der Waals surface area contributed by atoms with Crippen molar-refractivity contribution in [3.63, 3.8) is 0 Å². The van der Waals surface area contributed by atoms with E-state index in [0.29, 0.717) is 0 Å². The van der Waals surface area contributed by atoms with Gasteiger partial charge < -0.3 is 0 Å². The van der Waals surface area contributed by atoms with Gasteiger partial charge in [-0.25, -0.2) is 4.98 Å². The largest absolute Gasteiger partial charge is 0.264 e. The number of aromatic nitrogens is 2. The van der Waals surface area contributed by atoms with E-state index < -0.39 is 0 Å². The van der Waals surface area contributed by atoms with Gasteiger partial charge in [-0.1, -0.05) is 66.7 Å². The zero-order chi connectivity index (χ0) is 20.6. The highest BCUT2D eigenvalue weighted by molar-refractivity contribution is 7.21. The summed E-state index contributed by atoms with van der Waals surface area (Å²) in [6, 6.07) is 34.3. The molecule has 0 fully saturated rings. The molecule has 0 amide bonds. The monoisotopic (exact) mass is 414 g/mol. The normalized spacial score (nSPS) is 11.2. The van der Waals surface area contributed by atoms with Crippen LogP contribution in [0.25, 0.3) is 53.8 Å². The Kier molecular flexibility index (Phi) is 4.33. The Balaban J connectivity index is 1.34. The number of hydrogen-bond donors (Lipinski definition) is 0. The lowest BCUT2D eigenvalue weighted by molar-refractivity contribution is 1.33. The molecule has 2 nitrogen and oxygen atoms in total. The molecule has 2 heterocycles. The van der Waals surface area contributed by atoms with E-state index in [1.807, 2.05) is 18.3 Å². The Morgan fingerprint density at radius 3 is 1.97 bits per heavy atom. The number of thiazole rings is 1. The van der Waals surface area contributed by atoms with Crippen molar-refractivity contribution in [2.45, 2.75) is 0 Å². The lowest BCUT2D eigenvalue weighted by Crippen LogP contribution is -1.83. The first kappa shape index (κ1) is 18.0. The highest BCUT2D eigenvalue weighted by Crippen LogP contribution is 2.33. The van der Waals surface area contributed by atoms with Gasteiger partial charge in [-0.2, -0.15) is 0 Å². The molecule has 0 aliphatic rings. The molecule has 0 saturated carbocycles. The van der Waals surface area contributed by atoms with E-state index in [0.717, 1.165) is 16.1 Å².